The number of amides is 1. The van der Waals surface area contributed by atoms with E-state index in [2.05, 4.69) is 4.98 Å². The predicted octanol–water partition coefficient (Wildman–Crippen LogP) is 4.34. The molecule has 0 atom stereocenters. The smallest absolute Gasteiger partial charge is 0.410 e. The summed E-state index contributed by atoms with van der Waals surface area (Å²) >= 11 is 0. The van der Waals surface area contributed by atoms with Crippen LogP contribution in [0.2, 0.25) is 0 Å². The van der Waals surface area contributed by atoms with Gasteiger partial charge in [-0.25, -0.2) is 13.6 Å². The molecule has 1 aromatic heterocycles. The SMILES string of the molecule is Cc1ncc(-c2cccc(C(F)F)c2)cc1CN1CCCOC1=O. The van der Waals surface area contributed by atoms with Crippen LogP contribution in [0.15, 0.2) is 36.5 Å². The van der Waals surface area contributed by atoms with Crippen molar-refractivity contribution in [3.05, 3.63) is 53.3 Å². The Kier molecular flexibility index (Phi) is 4.74. The zero-order chi connectivity index (χ0) is 17.1. The van der Waals surface area contributed by atoms with Gasteiger partial charge in [0.1, 0.15) is 0 Å². The minimum atomic E-state index is -2.51. The maximum Gasteiger partial charge on any atom is 0.410 e. The van der Waals surface area contributed by atoms with Crippen LogP contribution in [0.5, 0.6) is 0 Å². The van der Waals surface area contributed by atoms with Crippen LogP contribution in [0, 0.1) is 6.92 Å². The van der Waals surface area contributed by atoms with E-state index in [1.54, 1.807) is 23.2 Å². The van der Waals surface area contributed by atoms with E-state index < -0.39 is 6.43 Å². The van der Waals surface area contributed by atoms with Gasteiger partial charge in [0.25, 0.3) is 6.43 Å². The van der Waals surface area contributed by atoms with Gasteiger partial charge in [0.2, 0.25) is 0 Å². The monoisotopic (exact) mass is 332 g/mol. The largest absolute Gasteiger partial charge is 0.449 e. The summed E-state index contributed by atoms with van der Waals surface area (Å²) in [6.45, 7) is 3.36. The number of nitrogens with zero attached hydrogens (tertiary/aromatic N) is 2. The average molecular weight is 332 g/mol. The van der Waals surface area contributed by atoms with E-state index in [0.29, 0.717) is 25.3 Å². The first-order valence-electron chi connectivity index (χ1n) is 7.80. The van der Waals surface area contributed by atoms with Gasteiger partial charge in [0.05, 0.1) is 13.2 Å². The third-order valence-electron chi connectivity index (χ3n) is 4.08. The van der Waals surface area contributed by atoms with Crippen LogP contribution in [-0.2, 0) is 11.3 Å². The number of aryl methyl sites for hydroxylation is 1. The van der Waals surface area contributed by atoms with E-state index in [0.717, 1.165) is 23.2 Å². The van der Waals surface area contributed by atoms with Crippen molar-refractivity contribution >= 4 is 6.09 Å². The molecule has 2 heterocycles. The Morgan fingerprint density at radius 3 is 2.88 bits per heavy atom. The molecule has 0 saturated carbocycles. The van der Waals surface area contributed by atoms with Crippen molar-refractivity contribution in [1.29, 1.82) is 0 Å². The van der Waals surface area contributed by atoms with Crippen LogP contribution in [0.1, 0.15) is 29.7 Å². The molecule has 0 N–H and O–H groups in total. The fourth-order valence-electron chi connectivity index (χ4n) is 2.70. The Bertz CT molecular complexity index is 750. The van der Waals surface area contributed by atoms with Crippen molar-refractivity contribution in [2.75, 3.05) is 13.2 Å². The summed E-state index contributed by atoms with van der Waals surface area (Å²) in [5, 5.41) is 0. The first kappa shape index (κ1) is 16.4. The van der Waals surface area contributed by atoms with E-state index in [4.69, 9.17) is 4.74 Å². The van der Waals surface area contributed by atoms with Crippen LogP contribution < -0.4 is 0 Å². The molecule has 126 valence electrons. The van der Waals surface area contributed by atoms with E-state index in [1.165, 1.54) is 12.1 Å². The summed E-state index contributed by atoms with van der Waals surface area (Å²) in [5.74, 6) is 0. The van der Waals surface area contributed by atoms with Gasteiger partial charge in [-0.15, -0.1) is 0 Å². The highest BCUT2D eigenvalue weighted by atomic mass is 19.3. The van der Waals surface area contributed by atoms with Gasteiger partial charge < -0.3 is 9.64 Å². The molecule has 1 saturated heterocycles. The van der Waals surface area contributed by atoms with E-state index >= 15 is 0 Å². The summed E-state index contributed by atoms with van der Waals surface area (Å²) in [7, 11) is 0. The normalized spacial score (nSPS) is 14.8. The van der Waals surface area contributed by atoms with E-state index in [-0.39, 0.29) is 11.7 Å². The van der Waals surface area contributed by atoms with Crippen molar-refractivity contribution in [1.82, 2.24) is 9.88 Å². The minimum absolute atomic E-state index is 0.0192. The fraction of sp³-hybridized carbons (Fsp3) is 0.333. The molecule has 1 aliphatic rings. The van der Waals surface area contributed by atoms with Crippen molar-refractivity contribution < 1.29 is 18.3 Å². The lowest BCUT2D eigenvalue weighted by Crippen LogP contribution is -2.37. The second kappa shape index (κ2) is 6.95. The van der Waals surface area contributed by atoms with Gasteiger partial charge in [0.15, 0.2) is 0 Å². The topological polar surface area (TPSA) is 42.4 Å². The van der Waals surface area contributed by atoms with Crippen LogP contribution in [0.4, 0.5) is 13.6 Å². The summed E-state index contributed by atoms with van der Waals surface area (Å²) in [6.07, 6.45) is -0.372. The molecule has 0 radical (unpaired) electrons. The molecular weight excluding hydrogens is 314 g/mol. The zero-order valence-electron chi connectivity index (χ0n) is 13.3. The van der Waals surface area contributed by atoms with Gasteiger partial charge >= 0.3 is 6.09 Å². The molecule has 0 spiro atoms. The second-order valence-electron chi connectivity index (χ2n) is 5.78. The highest BCUT2D eigenvalue weighted by Crippen LogP contribution is 2.27. The summed E-state index contributed by atoms with van der Waals surface area (Å²) in [5.41, 5.74) is 3.11. The number of carbonyl (C=O) groups is 1. The fourth-order valence-corrected chi connectivity index (χ4v) is 2.70. The Morgan fingerprint density at radius 2 is 2.12 bits per heavy atom. The van der Waals surface area contributed by atoms with Crippen LogP contribution in [0.25, 0.3) is 11.1 Å². The van der Waals surface area contributed by atoms with Crippen LogP contribution in [0.3, 0.4) is 0 Å². The Labute approximate surface area is 139 Å². The minimum Gasteiger partial charge on any atom is -0.449 e. The van der Waals surface area contributed by atoms with Crippen molar-refractivity contribution in [2.45, 2.75) is 26.3 Å². The molecule has 2 aromatic rings. The van der Waals surface area contributed by atoms with Crippen molar-refractivity contribution in [3.63, 3.8) is 0 Å². The number of alkyl halides is 2. The summed E-state index contributed by atoms with van der Waals surface area (Å²) < 4.78 is 30.8. The Morgan fingerprint density at radius 1 is 1.29 bits per heavy atom. The number of halogens is 2. The maximum atomic E-state index is 12.9. The molecule has 3 rings (SSSR count). The number of hydrogen-bond donors (Lipinski definition) is 0. The first-order chi connectivity index (χ1) is 11.5. The molecule has 6 heteroatoms. The number of carbonyl (C=O) groups excluding carboxylic acids is 1. The highest BCUT2D eigenvalue weighted by molar-refractivity contribution is 5.69. The quantitative estimate of drug-likeness (QED) is 0.836. The number of aromatic nitrogens is 1. The van der Waals surface area contributed by atoms with Gasteiger partial charge in [0, 0.05) is 29.6 Å². The lowest BCUT2D eigenvalue weighted by atomic mass is 10.0. The maximum absolute atomic E-state index is 12.9. The molecule has 1 aliphatic heterocycles. The Hall–Kier alpha value is -2.50. The second-order valence-corrected chi connectivity index (χ2v) is 5.78. The van der Waals surface area contributed by atoms with Crippen LogP contribution in [-0.4, -0.2) is 29.1 Å². The molecule has 1 amide bonds. The molecule has 0 aliphatic carbocycles. The molecule has 24 heavy (non-hydrogen) atoms. The number of ether oxygens (including phenoxy) is 1. The van der Waals surface area contributed by atoms with Gasteiger partial charge in [-0.05, 0) is 36.6 Å². The van der Waals surface area contributed by atoms with Crippen molar-refractivity contribution in [2.24, 2.45) is 0 Å². The standard InChI is InChI=1S/C18H18F2N2O2/c1-12-16(11-22-6-3-7-24-18(22)23)9-15(10-21-12)13-4-2-5-14(8-13)17(19)20/h2,4-5,8-10,17H,3,6-7,11H2,1H3. The first-order valence-corrected chi connectivity index (χ1v) is 7.80. The summed E-state index contributed by atoms with van der Waals surface area (Å²) in [4.78, 5) is 17.8. The predicted molar refractivity (Wildman–Crippen MR) is 85.7 cm³/mol. The lowest BCUT2D eigenvalue weighted by Gasteiger charge is -2.26. The number of cyclic esters (lactones) is 1. The van der Waals surface area contributed by atoms with Crippen molar-refractivity contribution in [3.8, 4) is 11.1 Å². The number of benzene rings is 1. The molecule has 1 aromatic carbocycles. The van der Waals surface area contributed by atoms with E-state index in [1.807, 2.05) is 13.0 Å². The van der Waals surface area contributed by atoms with Crippen LogP contribution >= 0.6 is 0 Å². The molecule has 0 bridgehead atoms. The highest BCUT2D eigenvalue weighted by Gasteiger charge is 2.20. The molecule has 0 unspecified atom stereocenters. The van der Waals surface area contributed by atoms with Gasteiger partial charge in [-0.3, -0.25) is 4.98 Å². The third-order valence-corrected chi connectivity index (χ3v) is 4.08. The number of hydrogen-bond acceptors (Lipinski definition) is 3. The summed E-state index contributed by atoms with van der Waals surface area (Å²) in [6, 6.07) is 8.15. The zero-order valence-corrected chi connectivity index (χ0v) is 13.3. The molecular formula is C18H18F2N2O2. The number of pyridine rings is 1. The molecule has 1 fully saturated rings. The van der Waals surface area contributed by atoms with E-state index in [9.17, 15) is 13.6 Å². The average Bonchev–Trinajstić information content (AvgIpc) is 2.59. The number of rotatable bonds is 4. The third kappa shape index (κ3) is 3.53. The molecule has 4 nitrogen and oxygen atoms in total. The lowest BCUT2D eigenvalue weighted by molar-refractivity contribution is 0.0699. The Balaban J connectivity index is 1.88. The van der Waals surface area contributed by atoms with Gasteiger partial charge in [-0.2, -0.15) is 0 Å². The van der Waals surface area contributed by atoms with Gasteiger partial charge in [-0.1, -0.05) is 18.2 Å².